The van der Waals surface area contributed by atoms with E-state index in [4.69, 9.17) is 0 Å². The second-order valence-electron chi connectivity index (χ2n) is 4.95. The average molecular weight is 316 g/mol. The van der Waals surface area contributed by atoms with Crippen molar-refractivity contribution in [3.05, 3.63) is 48.4 Å². The monoisotopic (exact) mass is 316 g/mol. The Hall–Kier alpha value is -2.41. The molecule has 1 aromatic carbocycles. The Balaban J connectivity index is 2.22. The van der Waals surface area contributed by atoms with E-state index in [-0.39, 0.29) is 5.75 Å². The van der Waals surface area contributed by atoms with Gasteiger partial charge in [0.15, 0.2) is 5.65 Å². The highest BCUT2D eigenvalue weighted by atomic mass is 32.2. The molecule has 0 aliphatic heterocycles. The quantitative estimate of drug-likeness (QED) is 0.802. The summed E-state index contributed by atoms with van der Waals surface area (Å²) in [7, 11) is -3.38. The summed E-state index contributed by atoms with van der Waals surface area (Å²) in [6.07, 6.45) is 1.91. The zero-order valence-electron chi connectivity index (χ0n) is 12.3. The van der Waals surface area contributed by atoms with Crippen LogP contribution < -0.4 is 4.72 Å². The number of anilines is 1. The van der Waals surface area contributed by atoms with Gasteiger partial charge >= 0.3 is 0 Å². The van der Waals surface area contributed by atoms with Gasteiger partial charge in [-0.3, -0.25) is 9.12 Å². The molecule has 6 nitrogen and oxygen atoms in total. The summed E-state index contributed by atoms with van der Waals surface area (Å²) in [6.45, 7) is 3.42. The van der Waals surface area contributed by atoms with Crippen molar-refractivity contribution in [2.45, 2.75) is 13.8 Å². The van der Waals surface area contributed by atoms with Crippen LogP contribution in [0.1, 0.15) is 12.7 Å². The van der Waals surface area contributed by atoms with E-state index >= 15 is 0 Å². The minimum Gasteiger partial charge on any atom is -0.284 e. The van der Waals surface area contributed by atoms with Crippen LogP contribution in [0.2, 0.25) is 0 Å². The SMILES string of the molecule is CCS(=O)(=O)Nc1cc(-c2ccccc2)cn2c(C)nnc12. The first-order valence-corrected chi connectivity index (χ1v) is 8.56. The van der Waals surface area contributed by atoms with Crippen LogP contribution in [0, 0.1) is 6.92 Å². The summed E-state index contributed by atoms with van der Waals surface area (Å²) in [5.41, 5.74) is 2.82. The Morgan fingerprint density at radius 1 is 1.14 bits per heavy atom. The predicted octanol–water partition coefficient (Wildman–Crippen LogP) is 2.47. The van der Waals surface area contributed by atoms with Crippen molar-refractivity contribution >= 4 is 21.4 Å². The maximum atomic E-state index is 11.9. The fraction of sp³-hybridized carbons (Fsp3) is 0.200. The third-order valence-electron chi connectivity index (χ3n) is 3.43. The molecule has 0 saturated heterocycles. The third kappa shape index (κ3) is 2.67. The number of nitrogens with zero attached hydrogens (tertiary/aromatic N) is 3. The number of nitrogens with one attached hydrogen (secondary N) is 1. The topological polar surface area (TPSA) is 76.4 Å². The molecule has 2 aromatic heterocycles. The van der Waals surface area contributed by atoms with E-state index in [0.29, 0.717) is 17.2 Å². The molecule has 0 aliphatic rings. The van der Waals surface area contributed by atoms with E-state index in [1.54, 1.807) is 17.4 Å². The Morgan fingerprint density at radius 2 is 1.86 bits per heavy atom. The molecule has 3 aromatic rings. The first kappa shape index (κ1) is 14.5. The van der Waals surface area contributed by atoms with Gasteiger partial charge in [-0.2, -0.15) is 0 Å². The molecule has 0 saturated carbocycles. The number of aromatic nitrogens is 3. The highest BCUT2D eigenvalue weighted by Crippen LogP contribution is 2.26. The zero-order chi connectivity index (χ0) is 15.7. The number of rotatable bonds is 4. The first-order chi connectivity index (χ1) is 10.5. The van der Waals surface area contributed by atoms with Gasteiger partial charge in [0.2, 0.25) is 10.0 Å². The maximum Gasteiger partial charge on any atom is 0.232 e. The minimum absolute atomic E-state index is 0.00183. The van der Waals surface area contributed by atoms with Gasteiger partial charge in [-0.1, -0.05) is 30.3 Å². The summed E-state index contributed by atoms with van der Waals surface area (Å²) in [4.78, 5) is 0. The molecule has 114 valence electrons. The van der Waals surface area contributed by atoms with E-state index in [1.807, 2.05) is 43.5 Å². The van der Waals surface area contributed by atoms with Gasteiger partial charge in [0.05, 0.1) is 11.4 Å². The van der Waals surface area contributed by atoms with Crippen molar-refractivity contribution < 1.29 is 8.42 Å². The van der Waals surface area contributed by atoms with Gasteiger partial charge in [0, 0.05) is 11.8 Å². The average Bonchev–Trinajstić information content (AvgIpc) is 2.90. The van der Waals surface area contributed by atoms with Crippen LogP contribution in [0.5, 0.6) is 0 Å². The van der Waals surface area contributed by atoms with Crippen LogP contribution in [0.25, 0.3) is 16.8 Å². The Morgan fingerprint density at radius 3 is 2.55 bits per heavy atom. The molecule has 0 atom stereocenters. The number of benzene rings is 1. The van der Waals surface area contributed by atoms with E-state index < -0.39 is 10.0 Å². The number of fused-ring (bicyclic) bond motifs is 1. The van der Waals surface area contributed by atoms with Crippen molar-refractivity contribution in [3.63, 3.8) is 0 Å². The summed E-state index contributed by atoms with van der Waals surface area (Å²) in [5, 5.41) is 8.08. The van der Waals surface area contributed by atoms with Gasteiger partial charge in [-0.25, -0.2) is 8.42 Å². The maximum absolute atomic E-state index is 11.9. The molecule has 1 N–H and O–H groups in total. The predicted molar refractivity (Wildman–Crippen MR) is 86.2 cm³/mol. The smallest absolute Gasteiger partial charge is 0.232 e. The second kappa shape index (κ2) is 5.42. The fourth-order valence-corrected chi connectivity index (χ4v) is 2.84. The molecular weight excluding hydrogens is 300 g/mol. The van der Waals surface area contributed by atoms with Crippen LogP contribution >= 0.6 is 0 Å². The van der Waals surface area contributed by atoms with Gasteiger partial charge < -0.3 is 0 Å². The number of pyridine rings is 1. The highest BCUT2D eigenvalue weighted by Gasteiger charge is 2.14. The standard InChI is InChI=1S/C15H16N4O2S/c1-3-22(20,21)18-14-9-13(12-7-5-4-6-8-12)10-19-11(2)16-17-15(14)19/h4-10,18H,3H2,1-2H3. The van der Waals surface area contributed by atoms with Crippen molar-refractivity contribution in [1.82, 2.24) is 14.6 Å². The van der Waals surface area contributed by atoms with Crippen molar-refractivity contribution in [1.29, 1.82) is 0 Å². The number of sulfonamides is 1. The molecule has 0 aliphatic carbocycles. The lowest BCUT2D eigenvalue weighted by atomic mass is 10.1. The number of hydrogen-bond donors (Lipinski definition) is 1. The first-order valence-electron chi connectivity index (χ1n) is 6.91. The summed E-state index contributed by atoms with van der Waals surface area (Å²) >= 11 is 0. The van der Waals surface area contributed by atoms with E-state index in [9.17, 15) is 8.42 Å². The van der Waals surface area contributed by atoms with E-state index in [0.717, 1.165) is 11.1 Å². The molecule has 7 heteroatoms. The van der Waals surface area contributed by atoms with Crippen molar-refractivity contribution in [2.24, 2.45) is 0 Å². The van der Waals surface area contributed by atoms with Gasteiger partial charge in [-0.05, 0) is 25.5 Å². The molecule has 0 spiro atoms. The Kier molecular flexibility index (Phi) is 3.58. The number of hydrogen-bond acceptors (Lipinski definition) is 4. The fourth-order valence-electron chi connectivity index (χ4n) is 2.21. The van der Waals surface area contributed by atoms with Crippen LogP contribution in [0.3, 0.4) is 0 Å². The summed E-state index contributed by atoms with van der Waals surface area (Å²) < 4.78 is 28.2. The van der Waals surface area contributed by atoms with Crippen molar-refractivity contribution in [3.8, 4) is 11.1 Å². The Labute approximate surface area is 128 Å². The molecule has 0 fully saturated rings. The molecular formula is C15H16N4O2S. The van der Waals surface area contributed by atoms with Crippen LogP contribution in [-0.4, -0.2) is 28.8 Å². The van der Waals surface area contributed by atoms with Crippen LogP contribution in [0.15, 0.2) is 42.6 Å². The minimum atomic E-state index is -3.38. The van der Waals surface area contributed by atoms with Crippen LogP contribution in [0.4, 0.5) is 5.69 Å². The summed E-state index contributed by atoms with van der Waals surface area (Å²) in [6, 6.07) is 11.5. The second-order valence-corrected chi connectivity index (χ2v) is 6.97. The molecule has 0 unspecified atom stereocenters. The molecule has 3 rings (SSSR count). The lowest BCUT2D eigenvalue weighted by Gasteiger charge is -2.10. The largest absolute Gasteiger partial charge is 0.284 e. The lowest BCUT2D eigenvalue weighted by molar-refractivity contribution is 0.602. The molecule has 0 bridgehead atoms. The van der Waals surface area contributed by atoms with Gasteiger partial charge in [0.1, 0.15) is 5.82 Å². The van der Waals surface area contributed by atoms with Gasteiger partial charge in [0.25, 0.3) is 0 Å². The van der Waals surface area contributed by atoms with E-state index in [2.05, 4.69) is 14.9 Å². The molecule has 0 amide bonds. The molecule has 0 radical (unpaired) electrons. The van der Waals surface area contributed by atoms with E-state index in [1.165, 1.54) is 0 Å². The normalized spacial score (nSPS) is 11.7. The molecule has 2 heterocycles. The van der Waals surface area contributed by atoms with Crippen molar-refractivity contribution in [2.75, 3.05) is 10.5 Å². The summed E-state index contributed by atoms with van der Waals surface area (Å²) in [5.74, 6) is 0.701. The van der Waals surface area contributed by atoms with Crippen LogP contribution in [-0.2, 0) is 10.0 Å². The molecule has 22 heavy (non-hydrogen) atoms. The zero-order valence-corrected chi connectivity index (χ0v) is 13.1. The third-order valence-corrected chi connectivity index (χ3v) is 4.72. The lowest BCUT2D eigenvalue weighted by Crippen LogP contribution is -2.15. The van der Waals surface area contributed by atoms with Gasteiger partial charge in [-0.15, -0.1) is 10.2 Å². The number of aryl methyl sites for hydroxylation is 1. The highest BCUT2D eigenvalue weighted by molar-refractivity contribution is 7.92. The Bertz CT molecular complexity index is 917.